The first-order valence-electron chi connectivity index (χ1n) is 4.32. The molecule has 1 saturated heterocycles. The molecule has 0 saturated carbocycles. The number of aldehydes is 1. The lowest BCUT2D eigenvalue weighted by Crippen LogP contribution is -2.11. The summed E-state index contributed by atoms with van der Waals surface area (Å²) < 4.78 is 9.64. The maximum atomic E-state index is 10.7. The van der Waals surface area contributed by atoms with Crippen LogP contribution in [0.1, 0.15) is 26.2 Å². The molecule has 0 aromatic rings. The van der Waals surface area contributed by atoms with Gasteiger partial charge in [0, 0.05) is 6.42 Å². The van der Waals surface area contributed by atoms with E-state index in [0.29, 0.717) is 12.8 Å². The molecule has 4 heteroatoms. The van der Waals surface area contributed by atoms with E-state index in [9.17, 15) is 9.59 Å². The fraction of sp³-hybridized carbons (Fsp3) is 0.778. The molecule has 1 rings (SSSR count). The lowest BCUT2D eigenvalue weighted by Gasteiger charge is -2.03. The Labute approximate surface area is 77.2 Å². The second-order valence-corrected chi connectivity index (χ2v) is 3.42. The van der Waals surface area contributed by atoms with Crippen molar-refractivity contribution < 1.29 is 19.1 Å². The molecule has 0 bridgehead atoms. The van der Waals surface area contributed by atoms with E-state index in [0.717, 1.165) is 12.7 Å². The van der Waals surface area contributed by atoms with Crippen molar-refractivity contribution in [3.05, 3.63) is 0 Å². The van der Waals surface area contributed by atoms with E-state index in [2.05, 4.69) is 4.74 Å². The van der Waals surface area contributed by atoms with Crippen LogP contribution in [0.3, 0.4) is 0 Å². The zero-order valence-electron chi connectivity index (χ0n) is 7.91. The molecule has 4 nitrogen and oxygen atoms in total. The van der Waals surface area contributed by atoms with Crippen LogP contribution in [0, 0.1) is 0 Å². The highest BCUT2D eigenvalue weighted by Crippen LogP contribution is 2.39. The molecule has 74 valence electrons. The number of hydrogen-bond donors (Lipinski definition) is 0. The molecule has 1 aliphatic heterocycles. The number of epoxide rings is 1. The number of carbonyl (C=O) groups excluding carboxylic acids is 2. The molecule has 1 heterocycles. The largest absolute Gasteiger partial charge is 0.469 e. The minimum absolute atomic E-state index is 0.216. The maximum absolute atomic E-state index is 10.7. The van der Waals surface area contributed by atoms with Crippen molar-refractivity contribution >= 4 is 12.3 Å². The van der Waals surface area contributed by atoms with Crippen molar-refractivity contribution in [3.63, 3.8) is 0 Å². The Morgan fingerprint density at radius 3 is 2.85 bits per heavy atom. The molecule has 1 aliphatic rings. The highest BCUT2D eigenvalue weighted by Gasteiger charge is 2.51. The van der Waals surface area contributed by atoms with Crippen LogP contribution in [0.15, 0.2) is 0 Å². The summed E-state index contributed by atoms with van der Waals surface area (Å²) in [6.07, 6.45) is 2.35. The van der Waals surface area contributed by atoms with Gasteiger partial charge in [-0.1, -0.05) is 0 Å². The number of esters is 1. The summed E-state index contributed by atoms with van der Waals surface area (Å²) in [6.45, 7) is 1.88. The molecular weight excluding hydrogens is 172 g/mol. The van der Waals surface area contributed by atoms with Crippen LogP contribution in [-0.2, 0) is 19.1 Å². The van der Waals surface area contributed by atoms with Gasteiger partial charge in [-0.15, -0.1) is 0 Å². The van der Waals surface area contributed by atoms with Crippen molar-refractivity contribution in [2.45, 2.75) is 37.9 Å². The topological polar surface area (TPSA) is 55.9 Å². The Balaban J connectivity index is 2.14. The Bertz CT molecular complexity index is 214. The second-order valence-electron chi connectivity index (χ2n) is 3.42. The van der Waals surface area contributed by atoms with Crippen molar-refractivity contribution in [1.29, 1.82) is 0 Å². The van der Waals surface area contributed by atoms with E-state index in [4.69, 9.17) is 4.74 Å². The molecule has 0 amide bonds. The van der Waals surface area contributed by atoms with Crippen LogP contribution in [0.2, 0.25) is 0 Å². The summed E-state index contributed by atoms with van der Waals surface area (Å²) in [6, 6.07) is 0. The molecule has 1 fully saturated rings. The summed E-state index contributed by atoms with van der Waals surface area (Å²) in [5.41, 5.74) is -0.324. The number of hydrogen-bond acceptors (Lipinski definition) is 4. The average Bonchev–Trinajstić information content (AvgIpc) is 2.77. The predicted molar refractivity (Wildman–Crippen MR) is 45.2 cm³/mol. The van der Waals surface area contributed by atoms with Crippen molar-refractivity contribution in [1.82, 2.24) is 0 Å². The Morgan fingerprint density at radius 2 is 2.38 bits per heavy atom. The molecule has 2 atom stereocenters. The number of carbonyl (C=O) groups is 2. The smallest absolute Gasteiger partial charge is 0.305 e. The highest BCUT2D eigenvalue weighted by atomic mass is 16.6. The van der Waals surface area contributed by atoms with Crippen LogP contribution in [-0.4, -0.2) is 31.1 Å². The molecule has 2 unspecified atom stereocenters. The molecule has 0 aromatic carbocycles. The zero-order valence-corrected chi connectivity index (χ0v) is 7.91. The monoisotopic (exact) mass is 186 g/mol. The van der Waals surface area contributed by atoms with Gasteiger partial charge in [0.05, 0.1) is 12.7 Å². The maximum Gasteiger partial charge on any atom is 0.305 e. The number of ether oxygens (including phenoxy) is 2. The van der Waals surface area contributed by atoms with Gasteiger partial charge in [-0.05, 0) is 19.8 Å². The second kappa shape index (κ2) is 3.87. The lowest BCUT2D eigenvalue weighted by atomic mass is 10.0. The Morgan fingerprint density at radius 1 is 1.69 bits per heavy atom. The van der Waals surface area contributed by atoms with E-state index in [1.807, 2.05) is 6.92 Å². The van der Waals surface area contributed by atoms with Gasteiger partial charge in [0.2, 0.25) is 0 Å². The molecule has 0 N–H and O–H groups in total. The standard InChI is InChI=1S/C9H14O4/c1-9(7(6-10)13-9)5-3-4-8(11)12-2/h6-7H,3-5H2,1-2H3. The fourth-order valence-corrected chi connectivity index (χ4v) is 1.31. The first kappa shape index (κ1) is 10.2. The van der Waals surface area contributed by atoms with Crippen LogP contribution in [0.5, 0.6) is 0 Å². The van der Waals surface area contributed by atoms with Crippen molar-refractivity contribution in [2.75, 3.05) is 7.11 Å². The minimum Gasteiger partial charge on any atom is -0.469 e. The normalized spacial score (nSPS) is 31.1. The van der Waals surface area contributed by atoms with E-state index in [1.54, 1.807) is 0 Å². The SMILES string of the molecule is COC(=O)CCCC1(C)OC1C=O. The molecule has 0 aromatic heterocycles. The van der Waals surface area contributed by atoms with Gasteiger partial charge in [-0.3, -0.25) is 4.79 Å². The quantitative estimate of drug-likeness (QED) is 0.360. The van der Waals surface area contributed by atoms with E-state index < -0.39 is 0 Å². The summed E-state index contributed by atoms with van der Waals surface area (Å²) in [5, 5.41) is 0. The third kappa shape index (κ3) is 2.52. The summed E-state index contributed by atoms with van der Waals surface area (Å²) >= 11 is 0. The fourth-order valence-electron chi connectivity index (χ4n) is 1.31. The van der Waals surface area contributed by atoms with Crippen LogP contribution in [0.4, 0.5) is 0 Å². The Hall–Kier alpha value is -0.900. The Kier molecular flexibility index (Phi) is 3.03. The number of methoxy groups -OCH3 is 1. The van der Waals surface area contributed by atoms with Gasteiger partial charge >= 0.3 is 5.97 Å². The average molecular weight is 186 g/mol. The number of rotatable bonds is 5. The third-order valence-corrected chi connectivity index (χ3v) is 2.35. The van der Waals surface area contributed by atoms with Crippen molar-refractivity contribution in [3.8, 4) is 0 Å². The molecule has 0 radical (unpaired) electrons. The lowest BCUT2D eigenvalue weighted by molar-refractivity contribution is -0.140. The van der Waals surface area contributed by atoms with E-state index in [-0.39, 0.29) is 17.7 Å². The minimum atomic E-state index is -0.324. The molecule has 0 spiro atoms. The third-order valence-electron chi connectivity index (χ3n) is 2.35. The van der Waals surface area contributed by atoms with Gasteiger partial charge in [0.25, 0.3) is 0 Å². The van der Waals surface area contributed by atoms with Gasteiger partial charge < -0.3 is 14.3 Å². The highest BCUT2D eigenvalue weighted by molar-refractivity contribution is 5.69. The predicted octanol–water partition coefficient (Wildman–Crippen LogP) is 0.686. The van der Waals surface area contributed by atoms with Crippen molar-refractivity contribution in [2.24, 2.45) is 0 Å². The summed E-state index contributed by atoms with van der Waals surface area (Å²) in [5.74, 6) is -0.216. The molecule has 13 heavy (non-hydrogen) atoms. The van der Waals surface area contributed by atoms with Crippen LogP contribution >= 0.6 is 0 Å². The van der Waals surface area contributed by atoms with Gasteiger partial charge in [0.1, 0.15) is 6.10 Å². The first-order chi connectivity index (χ1) is 6.12. The summed E-state index contributed by atoms with van der Waals surface area (Å²) in [4.78, 5) is 21.1. The molecular formula is C9H14O4. The van der Waals surface area contributed by atoms with Crippen LogP contribution < -0.4 is 0 Å². The first-order valence-corrected chi connectivity index (χ1v) is 4.32. The zero-order chi connectivity index (χ0) is 9.90. The van der Waals surface area contributed by atoms with Gasteiger partial charge in [-0.2, -0.15) is 0 Å². The van der Waals surface area contributed by atoms with Gasteiger partial charge in [0.15, 0.2) is 6.29 Å². The van der Waals surface area contributed by atoms with E-state index in [1.165, 1.54) is 7.11 Å². The van der Waals surface area contributed by atoms with Gasteiger partial charge in [-0.25, -0.2) is 0 Å². The van der Waals surface area contributed by atoms with E-state index >= 15 is 0 Å². The van der Waals surface area contributed by atoms with Crippen LogP contribution in [0.25, 0.3) is 0 Å². The molecule has 0 aliphatic carbocycles. The summed E-state index contributed by atoms with van der Waals surface area (Å²) in [7, 11) is 1.37.